The first-order chi connectivity index (χ1) is 5.61. The minimum absolute atomic E-state index is 0.0852. The quantitative estimate of drug-likeness (QED) is 0.622. The summed E-state index contributed by atoms with van der Waals surface area (Å²) >= 11 is 0. The minimum Gasteiger partial charge on any atom is -0.480 e. The van der Waals surface area contributed by atoms with Gasteiger partial charge in [0, 0.05) is 6.42 Å². The summed E-state index contributed by atoms with van der Waals surface area (Å²) in [6, 6.07) is -0.723. The monoisotopic (exact) mass is 211 g/mol. The molecule has 0 radical (unpaired) electrons. The number of rotatable bonds is 5. The summed E-state index contributed by atoms with van der Waals surface area (Å²) in [7, 11) is 3.91. The van der Waals surface area contributed by atoms with E-state index >= 15 is 0 Å². The lowest BCUT2D eigenvalue weighted by molar-refractivity contribution is -0.139. The first kappa shape index (κ1) is 11.8. The van der Waals surface area contributed by atoms with Crippen LogP contribution in [0.15, 0.2) is 0 Å². The van der Waals surface area contributed by atoms with Crippen LogP contribution in [0.1, 0.15) is 12.8 Å². The van der Waals surface area contributed by atoms with Gasteiger partial charge in [-0.1, -0.05) is 9.39 Å². The summed E-state index contributed by atoms with van der Waals surface area (Å²) in [5.41, 5.74) is 0. The van der Waals surface area contributed by atoms with Crippen molar-refractivity contribution in [2.45, 2.75) is 18.9 Å². The molecule has 0 amide bonds. The Balaban J connectivity index is 3.73. The molecule has 0 aliphatic heterocycles. The molecular weight excluding hydrogens is 200 g/mol. The van der Waals surface area contributed by atoms with Crippen LogP contribution >= 0.6 is 18.9 Å². The van der Waals surface area contributed by atoms with Crippen LogP contribution in [0.4, 0.5) is 0 Å². The van der Waals surface area contributed by atoms with Crippen LogP contribution < -0.4 is 5.09 Å². The molecule has 0 saturated heterocycles. The van der Waals surface area contributed by atoms with Gasteiger partial charge in [0.1, 0.15) is 6.04 Å². The van der Waals surface area contributed by atoms with Gasteiger partial charge in [0.05, 0.1) is 9.47 Å². The van der Waals surface area contributed by atoms with Crippen LogP contribution in [0, 0.1) is 0 Å². The lowest BCUT2D eigenvalue weighted by atomic mass is 10.2. The molecule has 2 N–H and O–H groups in total. The van der Waals surface area contributed by atoms with Crippen molar-refractivity contribution >= 4 is 30.8 Å². The lowest BCUT2D eigenvalue weighted by Gasteiger charge is -2.08. The Labute approximate surface area is 74.8 Å². The van der Waals surface area contributed by atoms with Crippen LogP contribution in [0.3, 0.4) is 0 Å². The molecule has 0 saturated carbocycles. The van der Waals surface area contributed by atoms with E-state index in [0.29, 0.717) is 0 Å². The molecule has 0 rings (SSSR count). The van der Waals surface area contributed by atoms with Crippen LogP contribution in [0.25, 0.3) is 0 Å². The van der Waals surface area contributed by atoms with Gasteiger partial charge in [0.25, 0.3) is 0 Å². The van der Waals surface area contributed by atoms with Crippen molar-refractivity contribution in [2.75, 3.05) is 0 Å². The maximum atomic E-state index is 10.6. The second kappa shape index (κ2) is 6.30. The third kappa shape index (κ3) is 4.60. The predicted molar refractivity (Wildman–Crippen MR) is 49.3 cm³/mol. The van der Waals surface area contributed by atoms with Crippen molar-refractivity contribution in [2.24, 2.45) is 0 Å². The fraction of sp³-hybridized carbons (Fsp3) is 0.600. The SMILES string of the molecule is O=C(CC[C@H](NP)C(=O)O)OP. The van der Waals surface area contributed by atoms with Gasteiger partial charge in [-0.3, -0.25) is 14.7 Å². The van der Waals surface area contributed by atoms with Crippen molar-refractivity contribution in [3.63, 3.8) is 0 Å². The van der Waals surface area contributed by atoms with Crippen LogP contribution in [0.2, 0.25) is 0 Å². The highest BCUT2D eigenvalue weighted by Crippen LogP contribution is 2.02. The van der Waals surface area contributed by atoms with Crippen molar-refractivity contribution in [1.82, 2.24) is 5.09 Å². The Bertz CT molecular complexity index is 175. The van der Waals surface area contributed by atoms with Gasteiger partial charge in [-0.15, -0.1) is 0 Å². The number of nitrogens with one attached hydrogen (secondary N) is 1. The molecule has 70 valence electrons. The van der Waals surface area contributed by atoms with Crippen molar-refractivity contribution in [3.05, 3.63) is 0 Å². The third-order valence-electron chi connectivity index (χ3n) is 1.27. The maximum Gasteiger partial charge on any atom is 0.320 e. The van der Waals surface area contributed by atoms with E-state index in [1.807, 2.05) is 9.47 Å². The normalized spacial score (nSPS) is 12.2. The molecule has 7 heteroatoms. The fourth-order valence-corrected chi connectivity index (χ4v) is 1.03. The van der Waals surface area contributed by atoms with E-state index in [2.05, 4.69) is 19.0 Å². The number of carboxylic acid groups (broad SMARTS) is 1. The number of carboxylic acids is 1. The van der Waals surface area contributed by atoms with E-state index < -0.39 is 18.0 Å². The second-order valence-corrected chi connectivity index (χ2v) is 2.66. The first-order valence-corrected chi connectivity index (χ1v) is 4.25. The van der Waals surface area contributed by atoms with Crippen molar-refractivity contribution in [3.8, 4) is 0 Å². The van der Waals surface area contributed by atoms with Crippen LogP contribution in [-0.4, -0.2) is 23.1 Å². The van der Waals surface area contributed by atoms with Gasteiger partial charge >= 0.3 is 11.9 Å². The number of aliphatic carboxylic acids is 1. The molecule has 0 spiro atoms. The number of carbonyl (C=O) groups excluding carboxylic acids is 1. The minimum atomic E-state index is -0.985. The molecular formula is C5H11NO4P2. The number of hydrogen-bond acceptors (Lipinski definition) is 4. The molecule has 0 aliphatic rings. The molecule has 0 heterocycles. The summed E-state index contributed by atoms with van der Waals surface area (Å²) in [6.45, 7) is 0. The van der Waals surface area contributed by atoms with Gasteiger partial charge < -0.3 is 9.63 Å². The molecule has 3 atom stereocenters. The maximum absolute atomic E-state index is 10.6. The third-order valence-corrected chi connectivity index (χ3v) is 1.93. The molecule has 0 aromatic rings. The molecule has 0 aromatic heterocycles. The highest BCUT2D eigenvalue weighted by molar-refractivity contribution is 7.13. The molecule has 2 unspecified atom stereocenters. The summed E-state index contributed by atoms with van der Waals surface area (Å²) in [4.78, 5) is 21.0. The van der Waals surface area contributed by atoms with E-state index in [9.17, 15) is 9.59 Å². The lowest BCUT2D eigenvalue weighted by Crippen LogP contribution is -2.30. The van der Waals surface area contributed by atoms with Gasteiger partial charge in [0.2, 0.25) is 0 Å². The van der Waals surface area contributed by atoms with Crippen molar-refractivity contribution < 1.29 is 19.2 Å². The largest absolute Gasteiger partial charge is 0.480 e. The second-order valence-electron chi connectivity index (χ2n) is 2.09. The van der Waals surface area contributed by atoms with E-state index in [1.54, 1.807) is 0 Å². The Hall–Kier alpha value is -0.240. The fourth-order valence-electron chi connectivity index (χ4n) is 0.599. The Morgan fingerprint density at radius 3 is 2.50 bits per heavy atom. The standard InChI is InChI=1S/C5H11NO4P2/c7-4(10-12)2-1-3(6-11)5(8)9/h3,6H,1-2,11-12H2,(H,8,9)/t3-/m0/s1. The molecule has 0 aliphatic carbocycles. The predicted octanol–water partition coefficient (Wildman–Crippen LogP) is -0.0672. The molecule has 12 heavy (non-hydrogen) atoms. The zero-order chi connectivity index (χ0) is 9.56. The summed E-state index contributed by atoms with van der Waals surface area (Å²) in [6.07, 6.45) is 0.300. The average Bonchev–Trinajstić information content (AvgIpc) is 2.04. The Kier molecular flexibility index (Phi) is 6.17. The summed E-state index contributed by atoms with van der Waals surface area (Å²) in [5.74, 6) is -1.42. The smallest absolute Gasteiger partial charge is 0.320 e. The average molecular weight is 211 g/mol. The Morgan fingerprint density at radius 1 is 1.58 bits per heavy atom. The highest BCUT2D eigenvalue weighted by Gasteiger charge is 2.16. The van der Waals surface area contributed by atoms with E-state index in [0.717, 1.165) is 0 Å². The van der Waals surface area contributed by atoms with Crippen LogP contribution in [0.5, 0.6) is 0 Å². The zero-order valence-electron chi connectivity index (χ0n) is 6.32. The molecule has 0 bridgehead atoms. The van der Waals surface area contributed by atoms with Crippen molar-refractivity contribution in [1.29, 1.82) is 0 Å². The Morgan fingerprint density at radius 2 is 2.17 bits per heavy atom. The number of hydrogen-bond donors (Lipinski definition) is 2. The van der Waals surface area contributed by atoms with Gasteiger partial charge in [0.15, 0.2) is 0 Å². The first-order valence-electron chi connectivity index (χ1n) is 3.20. The zero-order valence-corrected chi connectivity index (χ0v) is 8.63. The van der Waals surface area contributed by atoms with E-state index in [4.69, 9.17) is 5.11 Å². The van der Waals surface area contributed by atoms with Gasteiger partial charge in [-0.25, -0.2) is 0 Å². The van der Waals surface area contributed by atoms with E-state index in [-0.39, 0.29) is 12.8 Å². The summed E-state index contributed by atoms with van der Waals surface area (Å²) in [5, 5.41) is 11.0. The highest BCUT2D eigenvalue weighted by atomic mass is 31.0. The van der Waals surface area contributed by atoms with E-state index in [1.165, 1.54) is 0 Å². The molecule has 5 nitrogen and oxygen atoms in total. The van der Waals surface area contributed by atoms with Gasteiger partial charge in [-0.2, -0.15) is 0 Å². The molecule has 0 fully saturated rings. The summed E-state index contributed by atoms with van der Waals surface area (Å²) < 4.78 is 4.28. The topological polar surface area (TPSA) is 75.6 Å². The van der Waals surface area contributed by atoms with Gasteiger partial charge in [-0.05, 0) is 6.42 Å². The van der Waals surface area contributed by atoms with Crippen LogP contribution in [-0.2, 0) is 14.1 Å². The number of carbonyl (C=O) groups is 2. The molecule has 0 aromatic carbocycles.